The summed E-state index contributed by atoms with van der Waals surface area (Å²) >= 11 is 0. The number of carboxylic acids is 1. The Labute approximate surface area is 152 Å². The van der Waals surface area contributed by atoms with Crippen LogP contribution in [-0.2, 0) is 14.4 Å². The van der Waals surface area contributed by atoms with E-state index in [1.807, 2.05) is 0 Å². The zero-order chi connectivity index (χ0) is 20.3. The van der Waals surface area contributed by atoms with E-state index in [9.17, 15) is 24.6 Å². The van der Waals surface area contributed by atoms with Crippen LogP contribution < -0.4 is 27.8 Å². The van der Waals surface area contributed by atoms with Crippen molar-refractivity contribution in [1.29, 1.82) is 0 Å². The van der Waals surface area contributed by atoms with E-state index in [4.69, 9.17) is 17.2 Å². The van der Waals surface area contributed by atoms with Gasteiger partial charge in [0.15, 0.2) is 5.96 Å². The molecule has 0 saturated carbocycles. The lowest BCUT2D eigenvalue weighted by molar-refractivity contribution is -0.144. The van der Waals surface area contributed by atoms with Crippen LogP contribution in [0, 0.1) is 5.92 Å². The van der Waals surface area contributed by atoms with Crippen molar-refractivity contribution in [2.75, 3.05) is 13.2 Å². The normalized spacial score (nSPS) is 15.2. The van der Waals surface area contributed by atoms with E-state index in [-0.39, 0.29) is 18.3 Å². The van der Waals surface area contributed by atoms with Crippen LogP contribution in [0.1, 0.15) is 33.1 Å². The first-order valence-corrected chi connectivity index (χ1v) is 8.39. The highest BCUT2D eigenvalue weighted by atomic mass is 16.4. The molecular weight excluding hydrogens is 344 g/mol. The molecule has 11 nitrogen and oxygen atoms in total. The van der Waals surface area contributed by atoms with Gasteiger partial charge >= 0.3 is 5.97 Å². The standard InChI is InChI=1S/C15H30N6O5/c1-3-8(2)11(14(25)26)21-13(24)10(7-22)20-12(23)9(16)5-4-6-19-15(17)18/h8-11,22H,3-7,16H2,1-2H3,(H,20,23)(H,21,24)(H,25,26)(H4,17,18,19)/t8-,9-,10-,11-/m0/s1. The Bertz CT molecular complexity index is 509. The fourth-order valence-electron chi connectivity index (χ4n) is 2.06. The number of nitrogens with one attached hydrogen (secondary N) is 2. The van der Waals surface area contributed by atoms with Gasteiger partial charge in [0.05, 0.1) is 12.6 Å². The zero-order valence-electron chi connectivity index (χ0n) is 15.1. The van der Waals surface area contributed by atoms with Gasteiger partial charge in [0.2, 0.25) is 11.8 Å². The van der Waals surface area contributed by atoms with E-state index in [2.05, 4.69) is 15.6 Å². The predicted octanol–water partition coefficient (Wildman–Crippen LogP) is -2.54. The smallest absolute Gasteiger partial charge is 0.326 e. The minimum absolute atomic E-state index is 0.0608. The second kappa shape index (κ2) is 12.0. The van der Waals surface area contributed by atoms with Gasteiger partial charge in [-0.3, -0.25) is 14.6 Å². The van der Waals surface area contributed by atoms with Crippen molar-refractivity contribution < 1.29 is 24.6 Å². The van der Waals surface area contributed by atoms with Crippen molar-refractivity contribution in [2.24, 2.45) is 28.1 Å². The maximum atomic E-state index is 12.2. The predicted molar refractivity (Wildman–Crippen MR) is 95.9 cm³/mol. The lowest BCUT2D eigenvalue weighted by Crippen LogP contribution is -2.56. The lowest BCUT2D eigenvalue weighted by Gasteiger charge is -2.24. The monoisotopic (exact) mass is 374 g/mol. The molecule has 11 heteroatoms. The van der Waals surface area contributed by atoms with Crippen molar-refractivity contribution in [3.63, 3.8) is 0 Å². The number of hydrogen-bond donors (Lipinski definition) is 7. The Morgan fingerprint density at radius 1 is 1.15 bits per heavy atom. The topological polar surface area (TPSA) is 206 Å². The molecule has 4 atom stereocenters. The highest BCUT2D eigenvalue weighted by Gasteiger charge is 2.29. The van der Waals surface area contributed by atoms with Crippen molar-refractivity contribution in [3.8, 4) is 0 Å². The number of carbonyl (C=O) groups excluding carboxylic acids is 2. The van der Waals surface area contributed by atoms with E-state index in [1.54, 1.807) is 13.8 Å². The first-order chi connectivity index (χ1) is 12.1. The number of carbonyl (C=O) groups is 3. The molecule has 26 heavy (non-hydrogen) atoms. The van der Waals surface area contributed by atoms with Gasteiger partial charge in [0, 0.05) is 6.54 Å². The lowest BCUT2D eigenvalue weighted by atomic mass is 9.99. The van der Waals surface area contributed by atoms with E-state index in [0.717, 1.165) is 0 Å². The molecule has 0 rings (SSSR count). The molecule has 0 saturated heterocycles. The molecule has 0 radical (unpaired) electrons. The average Bonchev–Trinajstić information content (AvgIpc) is 2.59. The molecule has 2 amide bonds. The highest BCUT2D eigenvalue weighted by Crippen LogP contribution is 2.08. The summed E-state index contributed by atoms with van der Waals surface area (Å²) in [5.74, 6) is -2.99. The van der Waals surface area contributed by atoms with Crippen LogP contribution in [0.2, 0.25) is 0 Å². The minimum atomic E-state index is -1.29. The largest absolute Gasteiger partial charge is 0.480 e. The minimum Gasteiger partial charge on any atom is -0.480 e. The number of rotatable bonds is 12. The summed E-state index contributed by atoms with van der Waals surface area (Å²) in [6.07, 6.45) is 1.26. The summed E-state index contributed by atoms with van der Waals surface area (Å²) in [5, 5.41) is 23.2. The molecule has 0 heterocycles. The molecule has 0 aromatic heterocycles. The Balaban J connectivity index is 4.66. The second-order valence-corrected chi connectivity index (χ2v) is 6.01. The third kappa shape index (κ3) is 8.62. The van der Waals surface area contributed by atoms with Gasteiger partial charge in [0.1, 0.15) is 12.1 Å². The molecule has 10 N–H and O–H groups in total. The van der Waals surface area contributed by atoms with E-state index >= 15 is 0 Å². The summed E-state index contributed by atoms with van der Waals surface area (Å²) in [5.41, 5.74) is 16.1. The number of aliphatic hydroxyl groups excluding tert-OH is 1. The number of nitrogens with two attached hydrogens (primary N) is 3. The van der Waals surface area contributed by atoms with Crippen LogP contribution in [-0.4, -0.2) is 65.2 Å². The summed E-state index contributed by atoms with van der Waals surface area (Å²) in [6.45, 7) is 3.09. The SMILES string of the molecule is CC[C@H](C)[C@H](NC(=O)[C@H](CO)NC(=O)[C@@H](N)CCCN=C(N)N)C(=O)O. The molecule has 0 aromatic carbocycles. The van der Waals surface area contributed by atoms with Crippen LogP contribution in [0.25, 0.3) is 0 Å². The molecule has 150 valence electrons. The van der Waals surface area contributed by atoms with Gasteiger partial charge in [0.25, 0.3) is 0 Å². The van der Waals surface area contributed by atoms with Crippen molar-refractivity contribution >= 4 is 23.7 Å². The first kappa shape index (κ1) is 23.6. The van der Waals surface area contributed by atoms with Crippen molar-refractivity contribution in [1.82, 2.24) is 10.6 Å². The molecule has 0 unspecified atom stereocenters. The van der Waals surface area contributed by atoms with Crippen LogP contribution in [0.3, 0.4) is 0 Å². The molecule has 0 aliphatic heterocycles. The number of nitrogens with zero attached hydrogens (tertiary/aromatic N) is 1. The summed E-state index contributed by atoms with van der Waals surface area (Å²) in [4.78, 5) is 39.2. The van der Waals surface area contributed by atoms with Crippen molar-refractivity contribution in [3.05, 3.63) is 0 Å². The zero-order valence-corrected chi connectivity index (χ0v) is 15.1. The van der Waals surface area contributed by atoms with Gasteiger partial charge in [-0.2, -0.15) is 0 Å². The van der Waals surface area contributed by atoms with E-state index in [1.165, 1.54) is 0 Å². The second-order valence-electron chi connectivity index (χ2n) is 6.01. The van der Waals surface area contributed by atoms with Crippen LogP contribution in [0.4, 0.5) is 0 Å². The number of aliphatic hydroxyl groups is 1. The number of aliphatic imine (C=N–C) groups is 1. The first-order valence-electron chi connectivity index (χ1n) is 8.39. The summed E-state index contributed by atoms with van der Waals surface area (Å²) in [6, 6.07) is -3.33. The maximum Gasteiger partial charge on any atom is 0.326 e. The number of carboxylic acid groups (broad SMARTS) is 1. The van der Waals surface area contributed by atoms with Crippen LogP contribution >= 0.6 is 0 Å². The highest BCUT2D eigenvalue weighted by molar-refractivity contribution is 5.91. The average molecular weight is 374 g/mol. The quantitative estimate of drug-likeness (QED) is 0.110. The van der Waals surface area contributed by atoms with E-state index in [0.29, 0.717) is 19.4 Å². The Morgan fingerprint density at radius 3 is 2.23 bits per heavy atom. The maximum absolute atomic E-state index is 12.2. The Kier molecular flexibility index (Phi) is 10.9. The number of amides is 2. The van der Waals surface area contributed by atoms with Crippen molar-refractivity contribution in [2.45, 2.75) is 51.2 Å². The molecular formula is C15H30N6O5. The third-order valence-electron chi connectivity index (χ3n) is 3.90. The number of hydrogen-bond acceptors (Lipinski definition) is 6. The third-order valence-corrected chi connectivity index (χ3v) is 3.90. The Hall–Kier alpha value is -2.40. The van der Waals surface area contributed by atoms with E-state index < -0.39 is 42.5 Å². The fourth-order valence-corrected chi connectivity index (χ4v) is 2.06. The molecule has 0 aromatic rings. The van der Waals surface area contributed by atoms with Gasteiger partial charge in [-0.15, -0.1) is 0 Å². The summed E-state index contributed by atoms with van der Waals surface area (Å²) in [7, 11) is 0. The van der Waals surface area contributed by atoms with Gasteiger partial charge < -0.3 is 38.0 Å². The molecule has 0 fully saturated rings. The van der Waals surface area contributed by atoms with Gasteiger partial charge in [-0.05, 0) is 18.8 Å². The Morgan fingerprint density at radius 2 is 1.77 bits per heavy atom. The number of aliphatic carboxylic acids is 1. The number of guanidine groups is 1. The molecule has 0 spiro atoms. The molecule has 0 aliphatic carbocycles. The van der Waals surface area contributed by atoms with Gasteiger partial charge in [-0.1, -0.05) is 20.3 Å². The van der Waals surface area contributed by atoms with Crippen LogP contribution in [0.5, 0.6) is 0 Å². The fraction of sp³-hybridized carbons (Fsp3) is 0.733. The summed E-state index contributed by atoms with van der Waals surface area (Å²) < 4.78 is 0. The molecule has 0 aliphatic rings. The van der Waals surface area contributed by atoms with Crippen LogP contribution in [0.15, 0.2) is 4.99 Å². The van der Waals surface area contributed by atoms with Gasteiger partial charge in [-0.25, -0.2) is 4.79 Å². The molecule has 0 bridgehead atoms.